The zero-order chi connectivity index (χ0) is 23.0. The summed E-state index contributed by atoms with van der Waals surface area (Å²) >= 11 is 0. The minimum atomic E-state index is -0.327. The average Bonchev–Trinajstić information content (AvgIpc) is 3.36. The van der Waals surface area contributed by atoms with Crippen LogP contribution in [0.15, 0.2) is 78.9 Å². The molecule has 0 aliphatic carbocycles. The summed E-state index contributed by atoms with van der Waals surface area (Å²) in [5, 5.41) is 12.3. The molecule has 4 aromatic rings. The lowest BCUT2D eigenvalue weighted by Crippen LogP contribution is -2.36. The molecule has 33 heavy (non-hydrogen) atoms. The van der Waals surface area contributed by atoms with E-state index in [0.717, 1.165) is 22.4 Å². The average molecular weight is 441 g/mol. The van der Waals surface area contributed by atoms with Crippen LogP contribution in [-0.2, 0) is 11.3 Å². The van der Waals surface area contributed by atoms with Crippen molar-refractivity contribution in [2.45, 2.75) is 6.54 Å². The van der Waals surface area contributed by atoms with Crippen molar-refractivity contribution in [2.75, 3.05) is 13.7 Å². The van der Waals surface area contributed by atoms with Gasteiger partial charge in [0.1, 0.15) is 11.6 Å². The number of rotatable bonds is 8. The molecule has 0 fully saturated rings. The van der Waals surface area contributed by atoms with Gasteiger partial charge in [0, 0.05) is 11.1 Å². The predicted octanol–water partition coefficient (Wildman–Crippen LogP) is 3.19. The summed E-state index contributed by atoms with van der Waals surface area (Å²) in [5.74, 6) is 1.14. The molecule has 1 aromatic heterocycles. The number of aromatic nitrogens is 3. The molecule has 0 atom stereocenters. The minimum absolute atomic E-state index is 0.140. The standard InChI is InChI=1S/C25H23N5O3/c1-33-21-13-11-19(12-14-21)24-28-22(29-30-24)15-26-23(31)16-27-25(32)20-9-7-18(8-10-20)17-5-3-2-4-6-17/h2-14H,15-16H2,1H3,(H,26,31)(H,27,32)(H,28,29,30). The van der Waals surface area contributed by atoms with E-state index in [2.05, 4.69) is 25.8 Å². The van der Waals surface area contributed by atoms with E-state index in [9.17, 15) is 9.59 Å². The van der Waals surface area contributed by atoms with Crippen LogP contribution in [-0.4, -0.2) is 40.7 Å². The van der Waals surface area contributed by atoms with Crippen molar-refractivity contribution in [1.29, 1.82) is 0 Å². The first-order valence-electron chi connectivity index (χ1n) is 10.4. The van der Waals surface area contributed by atoms with Crippen LogP contribution in [0.2, 0.25) is 0 Å². The monoisotopic (exact) mass is 441 g/mol. The second-order valence-electron chi connectivity index (χ2n) is 7.24. The summed E-state index contributed by atoms with van der Waals surface area (Å²) in [5.41, 5.74) is 3.41. The summed E-state index contributed by atoms with van der Waals surface area (Å²) < 4.78 is 5.14. The minimum Gasteiger partial charge on any atom is -0.497 e. The van der Waals surface area contributed by atoms with E-state index in [1.807, 2.05) is 66.7 Å². The fourth-order valence-corrected chi connectivity index (χ4v) is 3.20. The van der Waals surface area contributed by atoms with Gasteiger partial charge in [0.05, 0.1) is 20.2 Å². The highest BCUT2D eigenvalue weighted by Gasteiger charge is 2.10. The quantitative estimate of drug-likeness (QED) is 0.389. The molecular weight excluding hydrogens is 418 g/mol. The van der Waals surface area contributed by atoms with Crippen molar-refractivity contribution >= 4 is 11.8 Å². The van der Waals surface area contributed by atoms with Crippen molar-refractivity contribution in [2.24, 2.45) is 0 Å². The fraction of sp³-hybridized carbons (Fsp3) is 0.120. The summed E-state index contributed by atoms with van der Waals surface area (Å²) in [6.07, 6.45) is 0. The van der Waals surface area contributed by atoms with E-state index in [1.54, 1.807) is 19.2 Å². The number of hydrogen-bond acceptors (Lipinski definition) is 5. The second-order valence-corrected chi connectivity index (χ2v) is 7.24. The lowest BCUT2D eigenvalue weighted by atomic mass is 10.0. The van der Waals surface area contributed by atoms with Gasteiger partial charge in [0.15, 0.2) is 5.82 Å². The number of nitrogens with one attached hydrogen (secondary N) is 3. The summed E-state index contributed by atoms with van der Waals surface area (Å²) in [6, 6.07) is 24.5. The van der Waals surface area contributed by atoms with Crippen LogP contribution in [0.3, 0.4) is 0 Å². The molecule has 0 bridgehead atoms. The van der Waals surface area contributed by atoms with Gasteiger partial charge in [-0.05, 0) is 47.5 Å². The van der Waals surface area contributed by atoms with E-state index >= 15 is 0 Å². The van der Waals surface area contributed by atoms with Crippen molar-refractivity contribution in [1.82, 2.24) is 25.8 Å². The maximum Gasteiger partial charge on any atom is 0.251 e. The molecule has 2 amide bonds. The van der Waals surface area contributed by atoms with Crippen molar-refractivity contribution in [3.63, 3.8) is 0 Å². The number of nitrogens with zero attached hydrogens (tertiary/aromatic N) is 2. The number of hydrogen-bond donors (Lipinski definition) is 3. The first-order chi connectivity index (χ1) is 16.1. The zero-order valence-electron chi connectivity index (χ0n) is 18.0. The maximum absolute atomic E-state index is 12.3. The Morgan fingerprint density at radius 2 is 1.52 bits per heavy atom. The summed E-state index contributed by atoms with van der Waals surface area (Å²) in [6.45, 7) is 0.0301. The number of carbonyl (C=O) groups is 2. The third-order valence-corrected chi connectivity index (χ3v) is 5.00. The molecule has 0 saturated heterocycles. The fourth-order valence-electron chi connectivity index (χ4n) is 3.20. The molecule has 4 rings (SSSR count). The van der Waals surface area contributed by atoms with Gasteiger partial charge in [0.2, 0.25) is 5.91 Å². The SMILES string of the molecule is COc1ccc(-c2n[nH]c(CNC(=O)CNC(=O)c3ccc(-c4ccccc4)cc3)n2)cc1. The molecule has 0 unspecified atom stereocenters. The van der Waals surface area contributed by atoms with Crippen LogP contribution in [0.25, 0.3) is 22.5 Å². The highest BCUT2D eigenvalue weighted by atomic mass is 16.5. The van der Waals surface area contributed by atoms with Crippen molar-refractivity contribution in [3.05, 3.63) is 90.3 Å². The molecule has 1 heterocycles. The van der Waals surface area contributed by atoms with Gasteiger partial charge in [-0.2, -0.15) is 5.10 Å². The normalized spacial score (nSPS) is 10.5. The lowest BCUT2D eigenvalue weighted by molar-refractivity contribution is -0.120. The van der Waals surface area contributed by atoms with Crippen molar-refractivity contribution in [3.8, 4) is 28.3 Å². The number of H-pyrrole nitrogens is 1. The highest BCUT2D eigenvalue weighted by Crippen LogP contribution is 2.20. The molecule has 8 heteroatoms. The maximum atomic E-state index is 12.3. The van der Waals surface area contributed by atoms with E-state index < -0.39 is 0 Å². The van der Waals surface area contributed by atoms with Crippen LogP contribution in [0.1, 0.15) is 16.2 Å². The van der Waals surface area contributed by atoms with Crippen LogP contribution < -0.4 is 15.4 Å². The third kappa shape index (κ3) is 5.62. The van der Waals surface area contributed by atoms with E-state index in [1.165, 1.54) is 0 Å². The topological polar surface area (TPSA) is 109 Å². The Kier molecular flexibility index (Phi) is 6.75. The molecule has 3 aromatic carbocycles. The van der Waals surface area contributed by atoms with Crippen LogP contribution in [0.4, 0.5) is 0 Å². The van der Waals surface area contributed by atoms with E-state index in [0.29, 0.717) is 17.2 Å². The van der Waals surface area contributed by atoms with Gasteiger partial charge in [-0.1, -0.05) is 42.5 Å². The number of carbonyl (C=O) groups excluding carboxylic acids is 2. The van der Waals surface area contributed by atoms with Gasteiger partial charge in [0.25, 0.3) is 5.91 Å². The number of benzene rings is 3. The van der Waals surface area contributed by atoms with Crippen molar-refractivity contribution < 1.29 is 14.3 Å². The number of ether oxygens (including phenoxy) is 1. The molecular formula is C25H23N5O3. The van der Waals surface area contributed by atoms with Gasteiger partial charge in [-0.15, -0.1) is 0 Å². The van der Waals surface area contributed by atoms with Gasteiger partial charge >= 0.3 is 0 Å². The lowest BCUT2D eigenvalue weighted by Gasteiger charge is -2.07. The van der Waals surface area contributed by atoms with Gasteiger partial charge in [-0.3, -0.25) is 14.7 Å². The number of methoxy groups -OCH3 is 1. The van der Waals surface area contributed by atoms with Gasteiger partial charge in [-0.25, -0.2) is 4.98 Å². The Hall–Kier alpha value is -4.46. The molecule has 0 spiro atoms. The molecule has 0 aliphatic rings. The summed E-state index contributed by atoms with van der Waals surface area (Å²) in [4.78, 5) is 28.9. The number of aromatic amines is 1. The molecule has 3 N–H and O–H groups in total. The largest absolute Gasteiger partial charge is 0.497 e. The number of amides is 2. The molecule has 166 valence electrons. The predicted molar refractivity (Wildman–Crippen MR) is 124 cm³/mol. The highest BCUT2D eigenvalue weighted by molar-refractivity contribution is 5.96. The molecule has 0 saturated carbocycles. The zero-order valence-corrected chi connectivity index (χ0v) is 18.0. The Bertz CT molecular complexity index is 1220. The van der Waals surface area contributed by atoms with Crippen LogP contribution in [0.5, 0.6) is 5.75 Å². The van der Waals surface area contributed by atoms with E-state index in [-0.39, 0.29) is 24.9 Å². The Labute approximate surface area is 191 Å². The second kappa shape index (κ2) is 10.2. The van der Waals surface area contributed by atoms with Crippen LogP contribution >= 0.6 is 0 Å². The first-order valence-corrected chi connectivity index (χ1v) is 10.4. The molecule has 8 nitrogen and oxygen atoms in total. The summed E-state index contributed by atoms with van der Waals surface area (Å²) in [7, 11) is 1.60. The first kappa shape index (κ1) is 21.8. The third-order valence-electron chi connectivity index (χ3n) is 5.00. The van der Waals surface area contributed by atoms with E-state index in [4.69, 9.17) is 4.74 Å². The Morgan fingerprint density at radius 1 is 0.848 bits per heavy atom. The van der Waals surface area contributed by atoms with Crippen LogP contribution in [0, 0.1) is 0 Å². The Morgan fingerprint density at radius 3 is 2.21 bits per heavy atom. The smallest absolute Gasteiger partial charge is 0.251 e. The Balaban J connectivity index is 1.25. The molecule has 0 aliphatic heterocycles. The van der Waals surface area contributed by atoms with Gasteiger partial charge < -0.3 is 15.4 Å². The molecule has 0 radical (unpaired) electrons.